The maximum absolute atomic E-state index is 13.6. The zero-order valence-electron chi connectivity index (χ0n) is 18.9. The summed E-state index contributed by atoms with van der Waals surface area (Å²) in [5.41, 5.74) is 4.51. The Morgan fingerprint density at radius 3 is 2.79 bits per heavy atom. The first-order valence-corrected chi connectivity index (χ1v) is 11.9. The second-order valence-electron chi connectivity index (χ2n) is 8.91. The molecule has 5 nitrogen and oxygen atoms in total. The second-order valence-corrected chi connectivity index (χ2v) is 9.32. The first kappa shape index (κ1) is 22.7. The van der Waals surface area contributed by atoms with Crippen LogP contribution in [-0.4, -0.2) is 27.6 Å². The molecule has 2 N–H and O–H groups in total. The molecule has 176 valence electrons. The quantitative estimate of drug-likeness (QED) is 0.357. The van der Waals surface area contributed by atoms with Crippen LogP contribution in [-0.2, 0) is 13.1 Å². The molecule has 2 aromatic carbocycles. The Kier molecular flexibility index (Phi) is 6.48. The first-order chi connectivity index (χ1) is 16.5. The van der Waals surface area contributed by atoms with E-state index in [4.69, 9.17) is 16.6 Å². The summed E-state index contributed by atoms with van der Waals surface area (Å²) in [6.07, 6.45) is 4.09. The van der Waals surface area contributed by atoms with E-state index in [1.54, 1.807) is 12.3 Å². The summed E-state index contributed by atoms with van der Waals surface area (Å²) in [6.45, 7) is 5.14. The number of nitrogens with one attached hydrogen (secondary N) is 2. The van der Waals surface area contributed by atoms with Gasteiger partial charge in [0, 0.05) is 30.2 Å². The minimum Gasteiger partial charge on any atom is -0.350 e. The Morgan fingerprint density at radius 2 is 2.03 bits per heavy atom. The third-order valence-electron chi connectivity index (χ3n) is 6.31. The minimum atomic E-state index is -0.870. The molecule has 0 aliphatic carbocycles. The number of aryl methyl sites for hydroxylation is 1. The van der Waals surface area contributed by atoms with Gasteiger partial charge in [0.2, 0.25) is 5.95 Å². The highest BCUT2D eigenvalue weighted by atomic mass is 35.5. The van der Waals surface area contributed by atoms with Gasteiger partial charge < -0.3 is 15.2 Å². The number of nitrogens with zero attached hydrogens (tertiary/aromatic N) is 3. The van der Waals surface area contributed by atoms with E-state index in [-0.39, 0.29) is 6.54 Å². The Labute approximate surface area is 202 Å². The molecule has 34 heavy (non-hydrogen) atoms. The lowest BCUT2D eigenvalue weighted by Gasteiger charge is -2.24. The van der Waals surface area contributed by atoms with Gasteiger partial charge in [-0.1, -0.05) is 29.8 Å². The van der Waals surface area contributed by atoms with Gasteiger partial charge in [-0.05, 0) is 74.2 Å². The van der Waals surface area contributed by atoms with Crippen molar-refractivity contribution in [2.75, 3.05) is 18.4 Å². The van der Waals surface area contributed by atoms with Crippen molar-refractivity contribution in [2.45, 2.75) is 32.9 Å². The van der Waals surface area contributed by atoms with Crippen LogP contribution in [0, 0.1) is 24.5 Å². The van der Waals surface area contributed by atoms with E-state index < -0.39 is 11.6 Å². The molecule has 5 rings (SSSR count). The number of hydrogen-bond donors (Lipinski definition) is 2. The standard InChI is InChI=1S/C26H26ClF2N5/c1-16-4-6-20(21(27)9-16)24-11-19-14-32-26(31-13-17-5-7-22(28)23(29)10-17)33-25(19)34(24)15-18-3-2-8-30-12-18/h4-7,9-11,14,18,30H,2-3,8,12-13,15H2,1H3,(H,31,32,33). The highest BCUT2D eigenvalue weighted by Crippen LogP contribution is 2.34. The van der Waals surface area contributed by atoms with Crippen molar-refractivity contribution in [1.29, 1.82) is 0 Å². The van der Waals surface area contributed by atoms with E-state index in [1.165, 1.54) is 6.07 Å². The average molecular weight is 482 g/mol. The lowest BCUT2D eigenvalue weighted by molar-refractivity contribution is 0.341. The molecule has 1 saturated heterocycles. The molecular weight excluding hydrogens is 456 g/mol. The molecule has 3 heterocycles. The average Bonchev–Trinajstić information content (AvgIpc) is 3.18. The maximum Gasteiger partial charge on any atom is 0.224 e. The number of benzene rings is 2. The SMILES string of the molecule is Cc1ccc(-c2cc3cnc(NCc4ccc(F)c(F)c4)nc3n2CC2CCCNC2)c(Cl)c1. The number of halogens is 3. The number of rotatable bonds is 6. The molecule has 2 aromatic heterocycles. The lowest BCUT2D eigenvalue weighted by Crippen LogP contribution is -2.32. The Hall–Kier alpha value is -3.03. The Balaban J connectivity index is 1.51. The van der Waals surface area contributed by atoms with Gasteiger partial charge in [-0.2, -0.15) is 4.98 Å². The van der Waals surface area contributed by atoms with Crippen molar-refractivity contribution in [2.24, 2.45) is 5.92 Å². The van der Waals surface area contributed by atoms with Crippen molar-refractivity contribution in [3.05, 3.63) is 76.4 Å². The topological polar surface area (TPSA) is 54.8 Å². The third-order valence-corrected chi connectivity index (χ3v) is 6.62. The van der Waals surface area contributed by atoms with Crippen LogP contribution in [0.3, 0.4) is 0 Å². The monoisotopic (exact) mass is 481 g/mol. The summed E-state index contributed by atoms with van der Waals surface area (Å²) in [6, 6.07) is 12.0. The van der Waals surface area contributed by atoms with E-state index >= 15 is 0 Å². The fourth-order valence-corrected chi connectivity index (χ4v) is 4.86. The molecule has 0 saturated carbocycles. The molecule has 1 atom stereocenters. The summed E-state index contributed by atoms with van der Waals surface area (Å²) in [5, 5.41) is 8.25. The zero-order chi connectivity index (χ0) is 23.7. The molecule has 0 bridgehead atoms. The molecule has 1 unspecified atom stereocenters. The summed E-state index contributed by atoms with van der Waals surface area (Å²) in [5.74, 6) is -0.815. The Bertz CT molecular complexity index is 1330. The van der Waals surface area contributed by atoms with Crippen molar-refractivity contribution < 1.29 is 8.78 Å². The number of aromatic nitrogens is 3. The number of anilines is 1. The summed E-state index contributed by atoms with van der Waals surface area (Å²) in [7, 11) is 0. The molecule has 1 aliphatic heterocycles. The molecule has 8 heteroatoms. The van der Waals surface area contributed by atoms with E-state index in [0.29, 0.717) is 22.5 Å². The van der Waals surface area contributed by atoms with Crippen molar-refractivity contribution >= 4 is 28.6 Å². The first-order valence-electron chi connectivity index (χ1n) is 11.5. The summed E-state index contributed by atoms with van der Waals surface area (Å²) < 4.78 is 29.0. The fraction of sp³-hybridized carbons (Fsp3) is 0.308. The molecule has 1 fully saturated rings. The highest BCUT2D eigenvalue weighted by Gasteiger charge is 2.20. The van der Waals surface area contributed by atoms with Crippen LogP contribution in [0.4, 0.5) is 14.7 Å². The predicted octanol–water partition coefficient (Wildman–Crippen LogP) is 5.95. The van der Waals surface area contributed by atoms with Gasteiger partial charge in [0.25, 0.3) is 0 Å². The molecule has 4 aromatic rings. The van der Waals surface area contributed by atoms with Crippen LogP contribution < -0.4 is 10.6 Å². The van der Waals surface area contributed by atoms with Crippen molar-refractivity contribution in [3.63, 3.8) is 0 Å². The molecule has 0 spiro atoms. The van der Waals surface area contributed by atoms with Crippen LogP contribution in [0.2, 0.25) is 5.02 Å². The van der Waals surface area contributed by atoms with Gasteiger partial charge in [-0.3, -0.25) is 0 Å². The molecule has 0 radical (unpaired) electrons. The number of piperidine rings is 1. The molecule has 1 aliphatic rings. The lowest BCUT2D eigenvalue weighted by atomic mass is 9.99. The highest BCUT2D eigenvalue weighted by molar-refractivity contribution is 6.33. The summed E-state index contributed by atoms with van der Waals surface area (Å²) >= 11 is 6.65. The number of hydrogen-bond acceptors (Lipinski definition) is 4. The van der Waals surface area contributed by atoms with Gasteiger partial charge >= 0.3 is 0 Å². The Morgan fingerprint density at radius 1 is 1.15 bits per heavy atom. The summed E-state index contributed by atoms with van der Waals surface area (Å²) in [4.78, 5) is 9.24. The zero-order valence-corrected chi connectivity index (χ0v) is 19.7. The second kappa shape index (κ2) is 9.68. The molecule has 0 amide bonds. The largest absolute Gasteiger partial charge is 0.350 e. The van der Waals surface area contributed by atoms with Crippen LogP contribution in [0.5, 0.6) is 0 Å². The third kappa shape index (κ3) is 4.76. The fourth-order valence-electron chi connectivity index (χ4n) is 4.53. The van der Waals surface area contributed by atoms with Gasteiger partial charge in [0.05, 0.1) is 10.7 Å². The van der Waals surface area contributed by atoms with Gasteiger partial charge in [0.1, 0.15) is 5.65 Å². The van der Waals surface area contributed by atoms with E-state index in [2.05, 4.69) is 38.4 Å². The van der Waals surface area contributed by atoms with E-state index in [9.17, 15) is 8.78 Å². The van der Waals surface area contributed by atoms with Crippen LogP contribution in [0.25, 0.3) is 22.3 Å². The predicted molar refractivity (Wildman–Crippen MR) is 132 cm³/mol. The van der Waals surface area contributed by atoms with Crippen LogP contribution in [0.15, 0.2) is 48.7 Å². The number of fused-ring (bicyclic) bond motifs is 1. The van der Waals surface area contributed by atoms with Gasteiger partial charge in [0.15, 0.2) is 11.6 Å². The minimum absolute atomic E-state index is 0.284. The van der Waals surface area contributed by atoms with Crippen LogP contribution in [0.1, 0.15) is 24.0 Å². The van der Waals surface area contributed by atoms with E-state index in [0.717, 1.165) is 66.4 Å². The smallest absolute Gasteiger partial charge is 0.224 e. The van der Waals surface area contributed by atoms with Crippen molar-refractivity contribution in [3.8, 4) is 11.3 Å². The maximum atomic E-state index is 13.6. The van der Waals surface area contributed by atoms with Crippen LogP contribution >= 0.6 is 11.6 Å². The van der Waals surface area contributed by atoms with Gasteiger partial charge in [-0.25, -0.2) is 13.8 Å². The van der Waals surface area contributed by atoms with Gasteiger partial charge in [-0.15, -0.1) is 0 Å². The normalized spacial score (nSPS) is 16.2. The van der Waals surface area contributed by atoms with E-state index in [1.807, 2.05) is 13.0 Å². The molecular formula is C26H26ClF2N5. The van der Waals surface area contributed by atoms with Crippen molar-refractivity contribution in [1.82, 2.24) is 19.9 Å².